The summed E-state index contributed by atoms with van der Waals surface area (Å²) in [7, 11) is 0. The van der Waals surface area contributed by atoms with E-state index in [0.29, 0.717) is 6.04 Å². The van der Waals surface area contributed by atoms with Crippen LogP contribution >= 0.6 is 0 Å². The molecule has 2 aromatic carbocycles. The average molecular weight is 293 g/mol. The lowest BCUT2D eigenvalue weighted by Crippen LogP contribution is -2.40. The molecule has 114 valence electrons. The van der Waals surface area contributed by atoms with Crippen molar-refractivity contribution in [2.75, 3.05) is 19.6 Å². The van der Waals surface area contributed by atoms with E-state index >= 15 is 0 Å². The number of aromatic nitrogens is 1. The molecule has 1 aliphatic rings. The summed E-state index contributed by atoms with van der Waals surface area (Å²) in [5.41, 5.74) is 8.68. The van der Waals surface area contributed by atoms with E-state index in [2.05, 4.69) is 52.5 Å². The molecule has 1 fully saturated rings. The van der Waals surface area contributed by atoms with E-state index < -0.39 is 0 Å². The fourth-order valence-corrected chi connectivity index (χ4v) is 3.59. The van der Waals surface area contributed by atoms with E-state index in [9.17, 15) is 0 Å². The average Bonchev–Trinajstić information content (AvgIpc) is 2.98. The Kier molecular flexibility index (Phi) is 3.60. The summed E-state index contributed by atoms with van der Waals surface area (Å²) < 4.78 is 0. The maximum atomic E-state index is 5.98. The maximum absolute atomic E-state index is 5.98. The van der Waals surface area contributed by atoms with Crippen LogP contribution in [0, 0.1) is 0 Å². The van der Waals surface area contributed by atoms with Crippen molar-refractivity contribution in [3.8, 4) is 0 Å². The first-order valence-electron chi connectivity index (χ1n) is 8.27. The molecule has 3 heteroatoms. The number of nitrogens with one attached hydrogen (secondary N) is 1. The first-order chi connectivity index (χ1) is 10.8. The maximum Gasteiger partial charge on any atom is 0.0536 e. The first-order valence-corrected chi connectivity index (χ1v) is 8.27. The number of piperidine rings is 1. The number of nitrogens with two attached hydrogens (primary N) is 1. The molecule has 0 amide bonds. The van der Waals surface area contributed by atoms with E-state index in [1.165, 1.54) is 27.2 Å². The van der Waals surface area contributed by atoms with Crippen LogP contribution in [0.1, 0.15) is 18.4 Å². The number of hydrogen-bond donors (Lipinski definition) is 2. The molecule has 1 aliphatic heterocycles. The molecule has 0 atom stereocenters. The summed E-state index contributed by atoms with van der Waals surface area (Å²) in [5, 5.41) is 3.98. The third-order valence-corrected chi connectivity index (χ3v) is 5.00. The smallest absolute Gasteiger partial charge is 0.0536 e. The van der Waals surface area contributed by atoms with Crippen LogP contribution in [0.4, 0.5) is 0 Å². The van der Waals surface area contributed by atoms with Gasteiger partial charge in [0.05, 0.1) is 5.52 Å². The Morgan fingerprint density at radius 2 is 1.86 bits per heavy atom. The van der Waals surface area contributed by atoms with Gasteiger partial charge in [-0.3, -0.25) is 0 Å². The molecule has 4 rings (SSSR count). The zero-order chi connectivity index (χ0) is 14.9. The van der Waals surface area contributed by atoms with E-state index in [1.54, 1.807) is 0 Å². The summed E-state index contributed by atoms with van der Waals surface area (Å²) in [6, 6.07) is 13.5. The summed E-state index contributed by atoms with van der Waals surface area (Å²) in [4.78, 5) is 6.03. The van der Waals surface area contributed by atoms with Gasteiger partial charge in [0.25, 0.3) is 0 Å². The second-order valence-corrected chi connectivity index (χ2v) is 6.45. The van der Waals surface area contributed by atoms with Crippen LogP contribution in [0.5, 0.6) is 0 Å². The normalized spacial score (nSPS) is 17.5. The molecular formula is C19H23N3. The molecule has 2 heterocycles. The van der Waals surface area contributed by atoms with Gasteiger partial charge >= 0.3 is 0 Å². The molecular weight excluding hydrogens is 270 g/mol. The molecule has 3 N–H and O–H groups in total. The minimum Gasteiger partial charge on any atom is -0.360 e. The number of aromatic amines is 1. The topological polar surface area (TPSA) is 45.0 Å². The predicted molar refractivity (Wildman–Crippen MR) is 93.2 cm³/mol. The quantitative estimate of drug-likeness (QED) is 0.778. The SMILES string of the molecule is NC1CCN(CCc2c[nH]c3c2ccc2ccccc23)CC1. The molecule has 1 saturated heterocycles. The van der Waals surface area contributed by atoms with Crippen molar-refractivity contribution in [1.29, 1.82) is 0 Å². The Morgan fingerprint density at radius 1 is 1.05 bits per heavy atom. The summed E-state index contributed by atoms with van der Waals surface area (Å²) in [6.07, 6.45) is 5.57. The van der Waals surface area contributed by atoms with Gasteiger partial charge in [0.2, 0.25) is 0 Å². The highest BCUT2D eigenvalue weighted by Gasteiger charge is 2.16. The lowest BCUT2D eigenvalue weighted by Gasteiger charge is -2.29. The molecule has 0 spiro atoms. The van der Waals surface area contributed by atoms with Crippen LogP contribution in [0.2, 0.25) is 0 Å². The highest BCUT2D eigenvalue weighted by molar-refractivity contribution is 6.06. The monoisotopic (exact) mass is 293 g/mol. The molecule has 0 radical (unpaired) electrons. The number of nitrogens with zero attached hydrogens (tertiary/aromatic N) is 1. The number of rotatable bonds is 3. The van der Waals surface area contributed by atoms with Crippen LogP contribution in [-0.4, -0.2) is 35.6 Å². The van der Waals surface area contributed by atoms with Gasteiger partial charge in [-0.1, -0.05) is 36.4 Å². The Bertz CT molecular complexity index is 782. The van der Waals surface area contributed by atoms with E-state index in [0.717, 1.165) is 38.9 Å². The van der Waals surface area contributed by atoms with E-state index in [4.69, 9.17) is 5.73 Å². The standard InChI is InChI=1S/C19H23N3/c20-16-8-11-22(12-9-16)10-7-15-13-21-19-17-4-2-1-3-14(17)5-6-18(15)19/h1-6,13,16,21H,7-12,20H2. The number of likely N-dealkylation sites (tertiary alicyclic amines) is 1. The zero-order valence-corrected chi connectivity index (χ0v) is 12.9. The zero-order valence-electron chi connectivity index (χ0n) is 12.9. The van der Waals surface area contributed by atoms with E-state index in [-0.39, 0.29) is 0 Å². The minimum atomic E-state index is 0.413. The lowest BCUT2D eigenvalue weighted by molar-refractivity contribution is 0.216. The summed E-state index contributed by atoms with van der Waals surface area (Å²) in [5.74, 6) is 0. The van der Waals surface area contributed by atoms with Gasteiger partial charge in [0, 0.05) is 29.6 Å². The Hall–Kier alpha value is -1.84. The molecule has 0 unspecified atom stereocenters. The highest BCUT2D eigenvalue weighted by Crippen LogP contribution is 2.27. The molecule has 22 heavy (non-hydrogen) atoms. The number of fused-ring (bicyclic) bond motifs is 3. The van der Waals surface area contributed by atoms with Crippen molar-refractivity contribution < 1.29 is 0 Å². The number of hydrogen-bond acceptors (Lipinski definition) is 2. The minimum absolute atomic E-state index is 0.413. The highest BCUT2D eigenvalue weighted by atomic mass is 15.1. The largest absolute Gasteiger partial charge is 0.360 e. The van der Waals surface area contributed by atoms with Gasteiger partial charge < -0.3 is 15.6 Å². The van der Waals surface area contributed by atoms with Crippen LogP contribution < -0.4 is 5.73 Å². The summed E-state index contributed by atoms with van der Waals surface area (Å²) >= 11 is 0. The third-order valence-electron chi connectivity index (χ3n) is 5.00. The Labute approximate surface area is 131 Å². The van der Waals surface area contributed by atoms with Gasteiger partial charge in [0.15, 0.2) is 0 Å². The van der Waals surface area contributed by atoms with Crippen molar-refractivity contribution in [3.63, 3.8) is 0 Å². The van der Waals surface area contributed by atoms with Crippen molar-refractivity contribution >= 4 is 21.7 Å². The molecule has 3 nitrogen and oxygen atoms in total. The predicted octanol–water partition coefficient (Wildman–Crippen LogP) is 3.29. The molecule has 1 aromatic heterocycles. The first kappa shape index (κ1) is 13.8. The van der Waals surface area contributed by atoms with Crippen molar-refractivity contribution in [1.82, 2.24) is 9.88 Å². The van der Waals surface area contributed by atoms with Gasteiger partial charge in [0.1, 0.15) is 0 Å². The van der Waals surface area contributed by atoms with Gasteiger partial charge in [-0.25, -0.2) is 0 Å². The number of benzene rings is 2. The Morgan fingerprint density at radius 3 is 2.73 bits per heavy atom. The fourth-order valence-electron chi connectivity index (χ4n) is 3.59. The van der Waals surface area contributed by atoms with Crippen LogP contribution in [0.25, 0.3) is 21.7 Å². The van der Waals surface area contributed by atoms with Gasteiger partial charge in [-0.15, -0.1) is 0 Å². The molecule has 3 aromatic rings. The Balaban J connectivity index is 1.56. The van der Waals surface area contributed by atoms with Gasteiger partial charge in [-0.2, -0.15) is 0 Å². The molecule has 0 aliphatic carbocycles. The van der Waals surface area contributed by atoms with Crippen molar-refractivity contribution in [2.45, 2.75) is 25.3 Å². The van der Waals surface area contributed by atoms with Crippen molar-refractivity contribution in [2.24, 2.45) is 5.73 Å². The second kappa shape index (κ2) is 5.75. The molecule has 0 saturated carbocycles. The lowest BCUT2D eigenvalue weighted by atomic mass is 10.0. The third kappa shape index (κ3) is 2.51. The van der Waals surface area contributed by atoms with Crippen LogP contribution in [0.15, 0.2) is 42.6 Å². The van der Waals surface area contributed by atoms with Crippen LogP contribution in [0.3, 0.4) is 0 Å². The fraction of sp³-hybridized carbons (Fsp3) is 0.368. The number of H-pyrrole nitrogens is 1. The van der Waals surface area contributed by atoms with E-state index in [1.807, 2.05) is 0 Å². The van der Waals surface area contributed by atoms with Gasteiger partial charge in [-0.05, 0) is 43.3 Å². The second-order valence-electron chi connectivity index (χ2n) is 6.45. The van der Waals surface area contributed by atoms with Crippen LogP contribution in [-0.2, 0) is 6.42 Å². The molecule has 0 bridgehead atoms. The summed E-state index contributed by atoms with van der Waals surface area (Å²) in [6.45, 7) is 3.42. The van der Waals surface area contributed by atoms with Crippen molar-refractivity contribution in [3.05, 3.63) is 48.2 Å².